The summed E-state index contributed by atoms with van der Waals surface area (Å²) in [5.41, 5.74) is 2.50. The Bertz CT molecular complexity index is 1020. The molecule has 0 aliphatic carbocycles. The molecule has 0 saturated heterocycles. The molecule has 4 rings (SSSR count). The summed E-state index contributed by atoms with van der Waals surface area (Å²) in [5, 5.41) is 6.19. The quantitative estimate of drug-likeness (QED) is 0.565. The van der Waals surface area contributed by atoms with Crippen molar-refractivity contribution in [3.05, 3.63) is 60.3 Å². The van der Waals surface area contributed by atoms with Gasteiger partial charge in [0.15, 0.2) is 0 Å². The van der Waals surface area contributed by atoms with Gasteiger partial charge in [0.05, 0.1) is 12.7 Å². The Balaban J connectivity index is 1.92. The molecule has 0 unspecified atom stereocenters. The zero-order chi connectivity index (χ0) is 16.5. The molecule has 0 atom stereocenters. The second-order valence-corrected chi connectivity index (χ2v) is 5.46. The SMILES string of the molecule is COc1ccc2ccccc2c1-c1nc(-c2ncccc2C)no1. The molecule has 0 spiro atoms. The van der Waals surface area contributed by atoms with Crippen molar-refractivity contribution in [2.45, 2.75) is 6.92 Å². The number of rotatable bonds is 3. The number of ether oxygens (including phenoxy) is 1. The summed E-state index contributed by atoms with van der Waals surface area (Å²) in [6.45, 7) is 1.97. The summed E-state index contributed by atoms with van der Waals surface area (Å²) < 4.78 is 11.0. The number of hydrogen-bond donors (Lipinski definition) is 0. The summed E-state index contributed by atoms with van der Waals surface area (Å²) in [5.74, 6) is 1.59. The lowest BCUT2D eigenvalue weighted by Crippen LogP contribution is -1.91. The first-order valence-electron chi connectivity index (χ1n) is 7.60. The number of benzene rings is 2. The van der Waals surface area contributed by atoms with Crippen LogP contribution in [0.2, 0.25) is 0 Å². The Hall–Kier alpha value is -3.21. The molecule has 24 heavy (non-hydrogen) atoms. The maximum absolute atomic E-state index is 5.53. The van der Waals surface area contributed by atoms with Crippen LogP contribution in [0, 0.1) is 6.92 Å². The molecule has 0 bridgehead atoms. The smallest absolute Gasteiger partial charge is 0.262 e. The molecule has 0 fully saturated rings. The molecule has 0 aliphatic heterocycles. The molecule has 4 aromatic rings. The van der Waals surface area contributed by atoms with Crippen molar-refractivity contribution in [2.24, 2.45) is 0 Å². The predicted octanol–water partition coefficient (Wildman–Crippen LogP) is 4.27. The molecule has 2 aromatic heterocycles. The van der Waals surface area contributed by atoms with Gasteiger partial charge in [-0.15, -0.1) is 0 Å². The van der Waals surface area contributed by atoms with Gasteiger partial charge in [0.2, 0.25) is 5.82 Å². The Morgan fingerprint density at radius 1 is 1.00 bits per heavy atom. The molecule has 2 aromatic carbocycles. The van der Waals surface area contributed by atoms with Gasteiger partial charge in [-0.2, -0.15) is 4.98 Å². The topological polar surface area (TPSA) is 61.0 Å². The number of nitrogens with zero attached hydrogens (tertiary/aromatic N) is 3. The lowest BCUT2D eigenvalue weighted by molar-refractivity contribution is 0.406. The van der Waals surface area contributed by atoms with Crippen molar-refractivity contribution < 1.29 is 9.26 Å². The Labute approximate surface area is 138 Å². The van der Waals surface area contributed by atoms with Crippen LogP contribution in [0.1, 0.15) is 5.56 Å². The monoisotopic (exact) mass is 317 g/mol. The van der Waals surface area contributed by atoms with Crippen LogP contribution in [-0.2, 0) is 0 Å². The lowest BCUT2D eigenvalue weighted by Gasteiger charge is -2.08. The fourth-order valence-corrected chi connectivity index (χ4v) is 2.78. The number of aromatic nitrogens is 3. The Morgan fingerprint density at radius 2 is 1.88 bits per heavy atom. The summed E-state index contributed by atoms with van der Waals surface area (Å²) in [4.78, 5) is 8.89. The second kappa shape index (κ2) is 5.77. The molecular formula is C19H15N3O2. The van der Waals surface area contributed by atoms with E-state index in [0.717, 1.165) is 21.9 Å². The van der Waals surface area contributed by atoms with Gasteiger partial charge < -0.3 is 9.26 Å². The number of fused-ring (bicyclic) bond motifs is 1. The molecule has 0 amide bonds. The fourth-order valence-electron chi connectivity index (χ4n) is 2.78. The highest BCUT2D eigenvalue weighted by molar-refractivity contribution is 5.97. The zero-order valence-corrected chi connectivity index (χ0v) is 13.4. The third-order valence-corrected chi connectivity index (χ3v) is 3.97. The van der Waals surface area contributed by atoms with Crippen molar-refractivity contribution in [1.29, 1.82) is 0 Å². The molecule has 2 heterocycles. The van der Waals surface area contributed by atoms with E-state index in [0.29, 0.717) is 23.2 Å². The average molecular weight is 317 g/mol. The average Bonchev–Trinajstić information content (AvgIpc) is 3.10. The summed E-state index contributed by atoms with van der Waals surface area (Å²) in [6.07, 6.45) is 1.72. The molecular weight excluding hydrogens is 302 g/mol. The largest absolute Gasteiger partial charge is 0.496 e. The van der Waals surface area contributed by atoms with Crippen molar-refractivity contribution in [1.82, 2.24) is 15.1 Å². The number of methoxy groups -OCH3 is 1. The maximum Gasteiger partial charge on any atom is 0.262 e. The highest BCUT2D eigenvalue weighted by Gasteiger charge is 2.19. The van der Waals surface area contributed by atoms with Crippen LogP contribution in [0.4, 0.5) is 0 Å². The minimum Gasteiger partial charge on any atom is -0.496 e. The standard InChI is InChI=1S/C19H15N3O2/c1-12-6-5-11-20-17(12)18-21-19(24-22-18)16-14-8-4-3-7-13(14)9-10-15(16)23-2/h3-11H,1-2H3. The number of pyridine rings is 1. The third kappa shape index (κ3) is 2.31. The highest BCUT2D eigenvalue weighted by Crippen LogP contribution is 2.36. The van der Waals surface area contributed by atoms with E-state index < -0.39 is 0 Å². The van der Waals surface area contributed by atoms with Crippen molar-refractivity contribution in [3.8, 4) is 28.7 Å². The van der Waals surface area contributed by atoms with Gasteiger partial charge in [-0.3, -0.25) is 4.98 Å². The molecule has 5 heteroatoms. The van der Waals surface area contributed by atoms with Gasteiger partial charge in [0.1, 0.15) is 11.4 Å². The molecule has 0 saturated carbocycles. The van der Waals surface area contributed by atoms with Crippen LogP contribution in [0.25, 0.3) is 33.7 Å². The van der Waals surface area contributed by atoms with E-state index in [1.165, 1.54) is 0 Å². The van der Waals surface area contributed by atoms with E-state index in [-0.39, 0.29) is 0 Å². The maximum atomic E-state index is 5.53. The van der Waals surface area contributed by atoms with Crippen molar-refractivity contribution in [3.63, 3.8) is 0 Å². The lowest BCUT2D eigenvalue weighted by atomic mass is 10.0. The molecule has 0 N–H and O–H groups in total. The highest BCUT2D eigenvalue weighted by atomic mass is 16.5. The normalized spacial score (nSPS) is 10.9. The van der Waals surface area contributed by atoms with Gasteiger partial charge in [-0.25, -0.2) is 0 Å². The molecule has 5 nitrogen and oxygen atoms in total. The third-order valence-electron chi connectivity index (χ3n) is 3.97. The summed E-state index contributed by atoms with van der Waals surface area (Å²) in [7, 11) is 1.63. The van der Waals surface area contributed by atoms with Gasteiger partial charge >= 0.3 is 0 Å². The first-order chi connectivity index (χ1) is 11.8. The van der Waals surface area contributed by atoms with E-state index in [9.17, 15) is 0 Å². The number of hydrogen-bond acceptors (Lipinski definition) is 5. The predicted molar refractivity (Wildman–Crippen MR) is 91.8 cm³/mol. The van der Waals surface area contributed by atoms with Crippen molar-refractivity contribution in [2.75, 3.05) is 7.11 Å². The summed E-state index contributed by atoms with van der Waals surface area (Å²) >= 11 is 0. The van der Waals surface area contributed by atoms with E-state index in [4.69, 9.17) is 9.26 Å². The second-order valence-electron chi connectivity index (χ2n) is 5.46. The van der Waals surface area contributed by atoms with E-state index in [1.54, 1.807) is 13.3 Å². The minimum atomic E-state index is 0.420. The van der Waals surface area contributed by atoms with Crippen LogP contribution in [0.15, 0.2) is 59.3 Å². The Kier molecular flexibility index (Phi) is 3.46. The minimum absolute atomic E-state index is 0.420. The Morgan fingerprint density at radius 3 is 2.71 bits per heavy atom. The first kappa shape index (κ1) is 14.4. The van der Waals surface area contributed by atoms with Gasteiger partial charge in [-0.1, -0.05) is 41.6 Å². The van der Waals surface area contributed by atoms with Crippen LogP contribution in [0.3, 0.4) is 0 Å². The summed E-state index contributed by atoms with van der Waals surface area (Å²) in [6, 6.07) is 15.8. The van der Waals surface area contributed by atoms with Crippen LogP contribution in [0.5, 0.6) is 5.75 Å². The fraction of sp³-hybridized carbons (Fsp3) is 0.105. The van der Waals surface area contributed by atoms with E-state index >= 15 is 0 Å². The molecule has 0 aliphatic rings. The first-order valence-corrected chi connectivity index (χ1v) is 7.60. The van der Waals surface area contributed by atoms with Crippen molar-refractivity contribution >= 4 is 10.8 Å². The van der Waals surface area contributed by atoms with E-state index in [2.05, 4.69) is 15.1 Å². The van der Waals surface area contributed by atoms with E-state index in [1.807, 2.05) is 55.5 Å². The van der Waals surface area contributed by atoms with Gasteiger partial charge in [-0.05, 0) is 35.4 Å². The van der Waals surface area contributed by atoms with Crippen LogP contribution >= 0.6 is 0 Å². The number of aryl methyl sites for hydroxylation is 1. The molecule has 118 valence electrons. The zero-order valence-electron chi connectivity index (χ0n) is 13.4. The van der Waals surface area contributed by atoms with Gasteiger partial charge in [0, 0.05) is 6.20 Å². The van der Waals surface area contributed by atoms with Crippen LogP contribution < -0.4 is 4.74 Å². The van der Waals surface area contributed by atoms with Gasteiger partial charge in [0.25, 0.3) is 5.89 Å². The molecule has 0 radical (unpaired) electrons. The van der Waals surface area contributed by atoms with Crippen LogP contribution in [-0.4, -0.2) is 22.2 Å².